The van der Waals surface area contributed by atoms with E-state index in [1.54, 1.807) is 18.2 Å². The maximum absolute atomic E-state index is 14.2. The van der Waals surface area contributed by atoms with Crippen LogP contribution < -0.4 is 11.1 Å². The van der Waals surface area contributed by atoms with Crippen LogP contribution in [-0.2, 0) is 13.0 Å². The molecule has 2 aromatic heterocycles. The fourth-order valence-electron chi connectivity index (χ4n) is 3.44. The van der Waals surface area contributed by atoms with Crippen LogP contribution in [0.1, 0.15) is 28.6 Å². The molecule has 1 aliphatic rings. The minimum atomic E-state index is -0.627. The quantitative estimate of drug-likeness (QED) is 0.693. The van der Waals surface area contributed by atoms with Gasteiger partial charge in [0.2, 0.25) is 11.9 Å². The summed E-state index contributed by atoms with van der Waals surface area (Å²) in [6, 6.07) is 7.48. The van der Waals surface area contributed by atoms with Crippen molar-refractivity contribution in [2.75, 3.05) is 5.73 Å². The molecule has 0 bridgehead atoms. The zero-order valence-corrected chi connectivity index (χ0v) is 14.1. The lowest BCUT2D eigenvalue weighted by molar-refractivity contribution is 0.486. The molecule has 132 valence electrons. The van der Waals surface area contributed by atoms with Crippen molar-refractivity contribution in [1.82, 2.24) is 20.3 Å². The van der Waals surface area contributed by atoms with E-state index >= 15 is 0 Å². The van der Waals surface area contributed by atoms with Gasteiger partial charge in [-0.15, -0.1) is 0 Å². The van der Waals surface area contributed by atoms with E-state index < -0.39 is 11.8 Å². The van der Waals surface area contributed by atoms with Crippen LogP contribution in [0, 0.1) is 18.7 Å². The lowest BCUT2D eigenvalue weighted by Crippen LogP contribution is -2.31. The summed E-state index contributed by atoms with van der Waals surface area (Å²) in [6.45, 7) is 2.46. The van der Waals surface area contributed by atoms with Gasteiger partial charge in [-0.2, -0.15) is 4.39 Å². The van der Waals surface area contributed by atoms with Crippen molar-refractivity contribution in [1.29, 1.82) is 0 Å². The van der Waals surface area contributed by atoms with E-state index in [-0.39, 0.29) is 17.6 Å². The smallest absolute Gasteiger partial charge is 0.220 e. The minimum absolute atomic E-state index is 0.147. The molecule has 1 aromatic carbocycles. The Labute approximate surface area is 149 Å². The predicted octanol–water partition coefficient (Wildman–Crippen LogP) is 3.09. The first-order valence-electron chi connectivity index (χ1n) is 8.28. The molecule has 0 amide bonds. The Kier molecular flexibility index (Phi) is 4.08. The van der Waals surface area contributed by atoms with Crippen molar-refractivity contribution < 1.29 is 8.78 Å². The van der Waals surface area contributed by atoms with Crippen LogP contribution in [0.2, 0.25) is 0 Å². The van der Waals surface area contributed by atoms with E-state index in [9.17, 15) is 8.78 Å². The number of pyridine rings is 1. The second kappa shape index (κ2) is 6.42. The molecule has 1 aliphatic heterocycles. The van der Waals surface area contributed by atoms with Gasteiger partial charge in [0.15, 0.2) is 0 Å². The summed E-state index contributed by atoms with van der Waals surface area (Å²) in [5.74, 6) is -0.817. The summed E-state index contributed by atoms with van der Waals surface area (Å²) >= 11 is 0. The molecule has 0 saturated carbocycles. The van der Waals surface area contributed by atoms with Crippen molar-refractivity contribution in [3.05, 3.63) is 70.8 Å². The molecule has 0 spiro atoms. The number of nitrogen functional groups attached to an aromatic ring is 1. The molecule has 26 heavy (non-hydrogen) atoms. The Bertz CT molecular complexity index is 990. The number of benzene rings is 1. The Hall–Kier alpha value is -2.93. The van der Waals surface area contributed by atoms with E-state index in [0.29, 0.717) is 18.5 Å². The van der Waals surface area contributed by atoms with Crippen LogP contribution in [0.15, 0.2) is 36.5 Å². The Morgan fingerprint density at radius 1 is 1.15 bits per heavy atom. The Balaban J connectivity index is 1.79. The predicted molar refractivity (Wildman–Crippen MR) is 94.1 cm³/mol. The highest BCUT2D eigenvalue weighted by Gasteiger charge is 2.26. The molecule has 7 heteroatoms. The number of rotatable bonds is 2. The minimum Gasteiger partial charge on any atom is -0.368 e. The molecule has 5 nitrogen and oxygen atoms in total. The molecule has 0 aliphatic carbocycles. The number of nitrogens with one attached hydrogen (secondary N) is 1. The topological polar surface area (TPSA) is 76.7 Å². The molecule has 0 saturated heterocycles. The molecule has 1 atom stereocenters. The third kappa shape index (κ3) is 2.90. The molecule has 4 rings (SSSR count). The lowest BCUT2D eigenvalue weighted by atomic mass is 9.89. The summed E-state index contributed by atoms with van der Waals surface area (Å²) < 4.78 is 28.1. The maximum atomic E-state index is 14.2. The van der Waals surface area contributed by atoms with Crippen molar-refractivity contribution in [2.24, 2.45) is 0 Å². The molecular formula is C19H17F2N5. The maximum Gasteiger partial charge on any atom is 0.220 e. The van der Waals surface area contributed by atoms with Crippen LogP contribution in [0.5, 0.6) is 0 Å². The molecule has 0 fully saturated rings. The number of nitrogens with zero attached hydrogens (tertiary/aromatic N) is 3. The average Bonchev–Trinajstić information content (AvgIpc) is 2.61. The summed E-state index contributed by atoms with van der Waals surface area (Å²) in [5.41, 5.74) is 10.0. The molecule has 0 unspecified atom stereocenters. The first kappa shape index (κ1) is 16.5. The van der Waals surface area contributed by atoms with Crippen LogP contribution in [0.25, 0.3) is 11.1 Å². The second-order valence-electron chi connectivity index (χ2n) is 6.30. The van der Waals surface area contributed by atoms with Gasteiger partial charge in [-0.3, -0.25) is 0 Å². The molecule has 0 radical (unpaired) electrons. The zero-order valence-electron chi connectivity index (χ0n) is 14.1. The molecular weight excluding hydrogens is 336 g/mol. The number of nitrogens with two attached hydrogens (primary N) is 1. The number of hydrogen-bond acceptors (Lipinski definition) is 5. The summed E-state index contributed by atoms with van der Waals surface area (Å²) in [7, 11) is 0. The van der Waals surface area contributed by atoms with E-state index in [1.807, 2.05) is 6.92 Å². The highest BCUT2D eigenvalue weighted by Crippen LogP contribution is 2.34. The van der Waals surface area contributed by atoms with Gasteiger partial charge in [-0.1, -0.05) is 6.07 Å². The number of anilines is 1. The fourth-order valence-corrected chi connectivity index (χ4v) is 3.44. The fraction of sp³-hybridized carbons (Fsp3) is 0.211. The van der Waals surface area contributed by atoms with Crippen molar-refractivity contribution in [3.63, 3.8) is 0 Å². The van der Waals surface area contributed by atoms with Gasteiger partial charge in [0.05, 0.1) is 5.69 Å². The van der Waals surface area contributed by atoms with Gasteiger partial charge >= 0.3 is 0 Å². The highest BCUT2D eigenvalue weighted by atomic mass is 19.1. The Morgan fingerprint density at radius 3 is 2.81 bits per heavy atom. The molecule has 3 heterocycles. The second-order valence-corrected chi connectivity index (χ2v) is 6.30. The third-order valence-electron chi connectivity index (χ3n) is 4.68. The Morgan fingerprint density at radius 2 is 2.00 bits per heavy atom. The third-order valence-corrected chi connectivity index (χ3v) is 4.68. The first-order chi connectivity index (χ1) is 12.5. The highest BCUT2D eigenvalue weighted by molar-refractivity contribution is 5.68. The number of aromatic nitrogens is 3. The van der Waals surface area contributed by atoms with Gasteiger partial charge in [-0.05, 0) is 42.3 Å². The zero-order chi connectivity index (χ0) is 18.3. The lowest BCUT2D eigenvalue weighted by Gasteiger charge is -2.28. The van der Waals surface area contributed by atoms with Crippen LogP contribution in [0.3, 0.4) is 0 Å². The largest absolute Gasteiger partial charge is 0.368 e. The van der Waals surface area contributed by atoms with E-state index in [2.05, 4.69) is 20.3 Å². The van der Waals surface area contributed by atoms with Crippen LogP contribution in [0.4, 0.5) is 14.7 Å². The monoisotopic (exact) mass is 353 g/mol. The van der Waals surface area contributed by atoms with Crippen molar-refractivity contribution >= 4 is 5.95 Å². The summed E-state index contributed by atoms with van der Waals surface area (Å²) in [6.07, 6.45) is 1.93. The summed E-state index contributed by atoms with van der Waals surface area (Å²) in [5, 5.41) is 3.41. The first-order valence-corrected chi connectivity index (χ1v) is 8.28. The normalized spacial score (nSPS) is 16.3. The standard InChI is InChI=1S/C19H17F2N5/c1-10-15-9-24-16(8-17(15)26-19(22)25-10)12-5-4-11(20)7-14(12)13-3-2-6-23-18(13)21/h2-7,16,24H,8-9H2,1H3,(H2,22,25,26)/t16-/m1/s1. The number of aryl methyl sites for hydroxylation is 1. The van der Waals surface area contributed by atoms with Gasteiger partial charge in [0, 0.05) is 42.0 Å². The SMILES string of the molecule is Cc1nc(N)nc2c1CN[C@@H](c1ccc(F)cc1-c1cccnc1F)C2. The van der Waals surface area contributed by atoms with Crippen LogP contribution >= 0.6 is 0 Å². The van der Waals surface area contributed by atoms with Gasteiger partial charge < -0.3 is 11.1 Å². The molecule has 3 N–H and O–H groups in total. The van der Waals surface area contributed by atoms with Crippen LogP contribution in [-0.4, -0.2) is 15.0 Å². The van der Waals surface area contributed by atoms with Gasteiger partial charge in [0.1, 0.15) is 5.82 Å². The van der Waals surface area contributed by atoms with E-state index in [1.165, 1.54) is 18.3 Å². The number of hydrogen-bond donors (Lipinski definition) is 2. The van der Waals surface area contributed by atoms with E-state index in [4.69, 9.17) is 5.73 Å². The number of halogens is 2. The average molecular weight is 353 g/mol. The van der Waals surface area contributed by atoms with Gasteiger partial charge in [-0.25, -0.2) is 19.3 Å². The van der Waals surface area contributed by atoms with Crippen molar-refractivity contribution in [3.8, 4) is 11.1 Å². The van der Waals surface area contributed by atoms with Gasteiger partial charge in [0.25, 0.3) is 0 Å². The molecule has 3 aromatic rings. The van der Waals surface area contributed by atoms with E-state index in [0.717, 1.165) is 22.5 Å². The number of fused-ring (bicyclic) bond motifs is 1. The summed E-state index contributed by atoms with van der Waals surface area (Å²) in [4.78, 5) is 12.2. The van der Waals surface area contributed by atoms with Crippen molar-refractivity contribution in [2.45, 2.75) is 25.9 Å².